The zero-order chi connectivity index (χ0) is 19.4. The number of aromatic nitrogens is 3. The van der Waals surface area contributed by atoms with Crippen molar-refractivity contribution in [3.05, 3.63) is 59.2 Å². The lowest BCUT2D eigenvalue weighted by Gasteiger charge is -2.25. The van der Waals surface area contributed by atoms with E-state index in [0.29, 0.717) is 16.9 Å². The van der Waals surface area contributed by atoms with Crippen LogP contribution in [0.25, 0.3) is 11.0 Å². The van der Waals surface area contributed by atoms with E-state index in [1.807, 2.05) is 18.2 Å². The molecule has 0 unspecified atom stereocenters. The van der Waals surface area contributed by atoms with Crippen molar-refractivity contribution in [3.63, 3.8) is 0 Å². The largest absolute Gasteiger partial charge is 0.387 e. The summed E-state index contributed by atoms with van der Waals surface area (Å²) in [6, 6.07) is 7.60. The third-order valence-electron chi connectivity index (χ3n) is 5.81. The van der Waals surface area contributed by atoms with Gasteiger partial charge in [-0.3, -0.25) is 0 Å². The summed E-state index contributed by atoms with van der Waals surface area (Å²) in [5, 5.41) is 32.8. The van der Waals surface area contributed by atoms with Crippen molar-refractivity contribution >= 4 is 22.6 Å². The Labute approximate surface area is 166 Å². The Balaban J connectivity index is 1.46. The second-order valence-electron chi connectivity index (χ2n) is 7.36. The number of alkyl halides is 1. The van der Waals surface area contributed by atoms with Gasteiger partial charge in [-0.15, -0.1) is 11.6 Å². The van der Waals surface area contributed by atoms with Crippen LogP contribution in [0, 0.1) is 0 Å². The van der Waals surface area contributed by atoms with Crippen LogP contribution in [-0.2, 0) is 23.5 Å². The molecule has 5 rings (SSSR count). The molecule has 0 saturated carbocycles. The van der Waals surface area contributed by atoms with Crippen molar-refractivity contribution in [2.75, 3.05) is 0 Å². The number of nitrogens with zero attached hydrogens (tertiary/aromatic N) is 3. The highest BCUT2D eigenvalue weighted by Crippen LogP contribution is 2.38. The fourth-order valence-corrected chi connectivity index (χ4v) is 4.31. The standard InChI is InChI=1S/C20H20ClN3O4/c21-8-14-13-5-6-24(19(13)23-9-22-14)20-17(27)16(26)18(28-20)15(25)12-4-2-10-1-3-11(10)7-12/h2,4-7,9,15-18,20,25-27H,1,3,8H2/t15-,16-,17-,18-,20-/m1/s1. The first-order chi connectivity index (χ1) is 13.6. The first-order valence-corrected chi connectivity index (χ1v) is 9.79. The molecule has 3 aromatic rings. The number of rotatable bonds is 4. The van der Waals surface area contributed by atoms with Gasteiger partial charge < -0.3 is 24.6 Å². The maximum absolute atomic E-state index is 10.8. The fourth-order valence-electron chi connectivity index (χ4n) is 4.10. The Morgan fingerprint density at radius 1 is 1.14 bits per heavy atom. The summed E-state index contributed by atoms with van der Waals surface area (Å²) in [7, 11) is 0. The maximum atomic E-state index is 10.8. The van der Waals surface area contributed by atoms with E-state index < -0.39 is 30.6 Å². The summed E-state index contributed by atoms with van der Waals surface area (Å²) < 4.78 is 7.58. The Kier molecular flexibility index (Phi) is 4.37. The molecule has 3 heterocycles. The van der Waals surface area contributed by atoms with Gasteiger partial charge in [0.25, 0.3) is 0 Å². The zero-order valence-corrected chi connectivity index (χ0v) is 15.7. The van der Waals surface area contributed by atoms with Gasteiger partial charge in [0.15, 0.2) is 6.23 Å². The number of aryl methyl sites for hydroxylation is 2. The van der Waals surface area contributed by atoms with Crippen LogP contribution in [0.4, 0.5) is 0 Å². The zero-order valence-electron chi connectivity index (χ0n) is 14.9. The van der Waals surface area contributed by atoms with Crippen LogP contribution in [0.5, 0.6) is 0 Å². The highest BCUT2D eigenvalue weighted by atomic mass is 35.5. The Hall–Kier alpha value is -2.03. The van der Waals surface area contributed by atoms with E-state index in [9.17, 15) is 15.3 Å². The van der Waals surface area contributed by atoms with E-state index in [0.717, 1.165) is 18.2 Å². The van der Waals surface area contributed by atoms with Gasteiger partial charge in [-0.2, -0.15) is 0 Å². The third-order valence-corrected chi connectivity index (χ3v) is 6.07. The van der Waals surface area contributed by atoms with Crippen molar-refractivity contribution in [2.45, 2.75) is 49.4 Å². The summed E-state index contributed by atoms with van der Waals surface area (Å²) in [5.41, 5.74) is 4.41. The minimum Gasteiger partial charge on any atom is -0.387 e. The highest BCUT2D eigenvalue weighted by Gasteiger charge is 2.47. The van der Waals surface area contributed by atoms with Crippen molar-refractivity contribution in [2.24, 2.45) is 0 Å². The summed E-state index contributed by atoms with van der Waals surface area (Å²) in [6.45, 7) is 0. The molecule has 0 radical (unpaired) electrons. The van der Waals surface area contributed by atoms with Gasteiger partial charge in [-0.1, -0.05) is 18.2 Å². The lowest BCUT2D eigenvalue weighted by atomic mass is 9.85. The molecule has 0 spiro atoms. The minimum absolute atomic E-state index is 0.236. The molecule has 7 nitrogen and oxygen atoms in total. The lowest BCUT2D eigenvalue weighted by molar-refractivity contribution is -0.0848. The van der Waals surface area contributed by atoms with E-state index in [-0.39, 0.29) is 5.88 Å². The molecule has 1 aliphatic carbocycles. The van der Waals surface area contributed by atoms with Gasteiger partial charge in [-0.25, -0.2) is 9.97 Å². The topological polar surface area (TPSA) is 101 Å². The molecular weight excluding hydrogens is 382 g/mol. The van der Waals surface area contributed by atoms with Crippen LogP contribution in [0.2, 0.25) is 0 Å². The average molecular weight is 402 g/mol. The van der Waals surface area contributed by atoms with Crippen LogP contribution in [-0.4, -0.2) is 48.2 Å². The lowest BCUT2D eigenvalue weighted by Crippen LogP contribution is -2.35. The molecule has 1 aliphatic heterocycles. The van der Waals surface area contributed by atoms with E-state index in [1.165, 1.54) is 17.5 Å². The fraction of sp³-hybridized carbons (Fsp3) is 0.400. The molecule has 0 bridgehead atoms. The van der Waals surface area contributed by atoms with Gasteiger partial charge in [0.1, 0.15) is 36.4 Å². The van der Waals surface area contributed by atoms with Gasteiger partial charge in [-0.05, 0) is 35.6 Å². The van der Waals surface area contributed by atoms with Crippen molar-refractivity contribution in [3.8, 4) is 0 Å². The first-order valence-electron chi connectivity index (χ1n) is 9.26. The quantitative estimate of drug-likeness (QED) is 0.574. The summed E-state index contributed by atoms with van der Waals surface area (Å²) in [4.78, 5) is 8.42. The number of hydrogen-bond donors (Lipinski definition) is 3. The van der Waals surface area contributed by atoms with Crippen LogP contribution in [0.3, 0.4) is 0 Å². The summed E-state index contributed by atoms with van der Waals surface area (Å²) in [6.07, 6.45) is -0.154. The number of halogens is 1. The second-order valence-corrected chi connectivity index (χ2v) is 7.63. The molecule has 1 aromatic carbocycles. The molecular formula is C20H20ClN3O4. The van der Waals surface area contributed by atoms with Gasteiger partial charge >= 0.3 is 0 Å². The average Bonchev–Trinajstić information content (AvgIpc) is 3.24. The third kappa shape index (κ3) is 2.66. The van der Waals surface area contributed by atoms with Crippen LogP contribution < -0.4 is 0 Å². The minimum atomic E-state index is -1.24. The predicted molar refractivity (Wildman–Crippen MR) is 102 cm³/mol. The molecule has 2 aliphatic rings. The van der Waals surface area contributed by atoms with Gasteiger partial charge in [0.05, 0.1) is 11.6 Å². The Morgan fingerprint density at radius 2 is 1.96 bits per heavy atom. The van der Waals surface area contributed by atoms with E-state index >= 15 is 0 Å². The van der Waals surface area contributed by atoms with Crippen molar-refractivity contribution in [1.29, 1.82) is 0 Å². The van der Waals surface area contributed by atoms with Crippen LogP contribution >= 0.6 is 11.6 Å². The predicted octanol–water partition coefficient (Wildman–Crippen LogP) is 1.62. The SMILES string of the molecule is O[C@@H]1[C@@H](O)[C@H](n2ccc3c(CCl)ncnc32)O[C@@H]1[C@H](O)c1ccc2c(c1)CC2. The normalized spacial score (nSPS) is 27.6. The number of benzene rings is 1. The first kappa shape index (κ1) is 18.0. The summed E-state index contributed by atoms with van der Waals surface area (Å²) >= 11 is 5.93. The maximum Gasteiger partial charge on any atom is 0.164 e. The molecule has 1 fully saturated rings. The number of aliphatic hydroxyl groups is 3. The smallest absolute Gasteiger partial charge is 0.164 e. The molecule has 2 aromatic heterocycles. The summed E-state index contributed by atoms with van der Waals surface area (Å²) in [5.74, 6) is 0.236. The number of hydrogen-bond acceptors (Lipinski definition) is 6. The highest BCUT2D eigenvalue weighted by molar-refractivity contribution is 6.17. The molecule has 146 valence electrons. The number of fused-ring (bicyclic) bond motifs is 2. The Bertz CT molecular complexity index is 1040. The molecule has 5 atom stereocenters. The molecule has 3 N–H and O–H groups in total. The Morgan fingerprint density at radius 3 is 2.68 bits per heavy atom. The molecule has 8 heteroatoms. The van der Waals surface area contributed by atoms with Gasteiger partial charge in [0.2, 0.25) is 0 Å². The molecule has 28 heavy (non-hydrogen) atoms. The molecule has 1 saturated heterocycles. The van der Waals surface area contributed by atoms with Crippen molar-refractivity contribution in [1.82, 2.24) is 14.5 Å². The number of aliphatic hydroxyl groups excluding tert-OH is 3. The van der Waals surface area contributed by atoms with E-state index in [2.05, 4.69) is 9.97 Å². The van der Waals surface area contributed by atoms with Crippen LogP contribution in [0.15, 0.2) is 36.8 Å². The number of ether oxygens (including phenoxy) is 1. The van der Waals surface area contributed by atoms with E-state index in [1.54, 1.807) is 16.8 Å². The van der Waals surface area contributed by atoms with Crippen molar-refractivity contribution < 1.29 is 20.1 Å². The molecule has 0 amide bonds. The second kappa shape index (κ2) is 6.79. The monoisotopic (exact) mass is 401 g/mol. The van der Waals surface area contributed by atoms with Gasteiger partial charge in [0, 0.05) is 11.6 Å². The van der Waals surface area contributed by atoms with Crippen LogP contribution in [0.1, 0.15) is 34.7 Å². The van der Waals surface area contributed by atoms with E-state index in [4.69, 9.17) is 16.3 Å².